The number of carbonyl (C=O) groups excluding carboxylic acids is 1. The molecule has 0 atom stereocenters. The van der Waals surface area contributed by atoms with Crippen molar-refractivity contribution in [3.05, 3.63) is 75.1 Å². The van der Waals surface area contributed by atoms with Crippen molar-refractivity contribution >= 4 is 51.7 Å². The van der Waals surface area contributed by atoms with E-state index in [0.29, 0.717) is 27.4 Å². The summed E-state index contributed by atoms with van der Waals surface area (Å²) in [4.78, 5) is 17.0. The van der Waals surface area contributed by atoms with Gasteiger partial charge in [-0.1, -0.05) is 23.2 Å². The lowest BCUT2D eigenvalue weighted by Gasteiger charge is -2.02. The number of anilines is 1. The molecule has 0 aliphatic heterocycles. The third-order valence-corrected chi connectivity index (χ3v) is 4.61. The Hall–Kier alpha value is -2.08. The molecule has 122 valence electrons. The van der Waals surface area contributed by atoms with E-state index in [0.717, 1.165) is 10.4 Å². The Balaban J connectivity index is 1.63. The first kappa shape index (κ1) is 16.8. The maximum atomic E-state index is 11.9. The van der Waals surface area contributed by atoms with Crippen molar-refractivity contribution in [2.24, 2.45) is 0 Å². The lowest BCUT2D eigenvalue weighted by atomic mass is 10.1. The molecule has 7 heteroatoms. The fourth-order valence-electron chi connectivity index (χ4n) is 2.00. The number of halogens is 2. The maximum absolute atomic E-state index is 11.9. The van der Waals surface area contributed by atoms with Gasteiger partial charge in [0, 0.05) is 33.6 Å². The molecule has 0 fully saturated rings. The summed E-state index contributed by atoms with van der Waals surface area (Å²) in [5.74, 6) is 0.341. The van der Waals surface area contributed by atoms with Crippen molar-refractivity contribution in [1.82, 2.24) is 4.98 Å². The maximum Gasteiger partial charge on any atom is 0.250 e. The summed E-state index contributed by atoms with van der Waals surface area (Å²) in [5, 5.41) is 4.53. The number of hydrogen-bond acceptors (Lipinski definition) is 4. The molecule has 0 aliphatic rings. The smallest absolute Gasteiger partial charge is 0.250 e. The second-order valence-electron chi connectivity index (χ2n) is 4.88. The first-order valence-electron chi connectivity index (χ1n) is 7.01. The van der Waals surface area contributed by atoms with Crippen molar-refractivity contribution < 1.29 is 9.21 Å². The predicted molar refractivity (Wildman–Crippen MR) is 97.8 cm³/mol. The van der Waals surface area contributed by atoms with Gasteiger partial charge in [0.15, 0.2) is 5.13 Å². The summed E-state index contributed by atoms with van der Waals surface area (Å²) in [6.45, 7) is 0. The van der Waals surface area contributed by atoms with Crippen LogP contribution in [-0.4, -0.2) is 10.9 Å². The molecule has 2 heterocycles. The van der Waals surface area contributed by atoms with Crippen LogP contribution in [0.5, 0.6) is 0 Å². The highest BCUT2D eigenvalue weighted by molar-refractivity contribution is 7.15. The van der Waals surface area contributed by atoms with E-state index >= 15 is 0 Å². The quantitative estimate of drug-likeness (QED) is 0.613. The Morgan fingerprint density at radius 3 is 3.00 bits per heavy atom. The molecule has 1 N–H and O–H groups in total. The Kier molecular flexibility index (Phi) is 5.35. The Morgan fingerprint density at radius 1 is 1.33 bits per heavy atom. The molecule has 0 radical (unpaired) electrons. The molecule has 3 rings (SSSR count). The van der Waals surface area contributed by atoms with Crippen molar-refractivity contribution in [1.29, 1.82) is 0 Å². The van der Waals surface area contributed by atoms with Gasteiger partial charge >= 0.3 is 0 Å². The van der Waals surface area contributed by atoms with Crippen molar-refractivity contribution in [2.45, 2.75) is 6.42 Å². The first-order valence-corrected chi connectivity index (χ1v) is 8.58. The van der Waals surface area contributed by atoms with Crippen molar-refractivity contribution in [2.75, 3.05) is 5.32 Å². The summed E-state index contributed by atoms with van der Waals surface area (Å²) in [7, 11) is 0. The van der Waals surface area contributed by atoms with Crippen LogP contribution in [-0.2, 0) is 11.2 Å². The molecule has 0 saturated heterocycles. The van der Waals surface area contributed by atoms with Gasteiger partial charge in [-0.25, -0.2) is 4.98 Å². The SMILES string of the molecule is O=C(C=Cc1ccco1)Nc1ncc(Cc2cc(Cl)ccc2Cl)s1. The molecule has 2 aromatic heterocycles. The van der Waals surface area contributed by atoms with Crippen LogP contribution in [0.1, 0.15) is 16.2 Å². The third-order valence-electron chi connectivity index (χ3n) is 3.10. The highest BCUT2D eigenvalue weighted by Crippen LogP contribution is 2.26. The number of nitrogens with zero attached hydrogens (tertiary/aromatic N) is 1. The van der Waals surface area contributed by atoms with Gasteiger partial charge in [0.1, 0.15) is 5.76 Å². The molecule has 24 heavy (non-hydrogen) atoms. The molecule has 4 nitrogen and oxygen atoms in total. The number of nitrogens with one attached hydrogen (secondary N) is 1. The van der Waals surface area contributed by atoms with Gasteiger partial charge < -0.3 is 4.42 Å². The first-order chi connectivity index (χ1) is 11.6. The van der Waals surface area contributed by atoms with Gasteiger partial charge in [0.2, 0.25) is 5.91 Å². The van der Waals surface area contributed by atoms with Crippen LogP contribution in [0.15, 0.2) is 53.3 Å². The minimum Gasteiger partial charge on any atom is -0.465 e. The zero-order chi connectivity index (χ0) is 16.9. The highest BCUT2D eigenvalue weighted by atomic mass is 35.5. The highest BCUT2D eigenvalue weighted by Gasteiger charge is 2.08. The molecule has 0 aliphatic carbocycles. The van der Waals surface area contributed by atoms with Crippen LogP contribution < -0.4 is 5.32 Å². The standard InChI is InChI=1S/C17H12Cl2N2O2S/c18-12-3-5-15(19)11(8-12)9-14-10-20-17(24-14)21-16(22)6-4-13-2-1-7-23-13/h1-8,10H,9H2,(H,20,21,22). The molecular formula is C17H12Cl2N2O2S. The Morgan fingerprint density at radius 2 is 2.21 bits per heavy atom. The topological polar surface area (TPSA) is 55.1 Å². The van der Waals surface area contributed by atoms with E-state index < -0.39 is 0 Å². The normalized spacial score (nSPS) is 11.1. The van der Waals surface area contributed by atoms with E-state index in [2.05, 4.69) is 10.3 Å². The van der Waals surface area contributed by atoms with Crippen LogP contribution in [0.4, 0.5) is 5.13 Å². The second-order valence-corrected chi connectivity index (χ2v) is 6.84. The van der Waals surface area contributed by atoms with E-state index in [1.54, 1.807) is 42.8 Å². The number of carbonyl (C=O) groups is 1. The zero-order valence-electron chi connectivity index (χ0n) is 12.3. The van der Waals surface area contributed by atoms with E-state index in [-0.39, 0.29) is 5.91 Å². The van der Waals surface area contributed by atoms with Gasteiger partial charge in [-0.15, -0.1) is 11.3 Å². The summed E-state index contributed by atoms with van der Waals surface area (Å²) >= 11 is 13.5. The molecule has 0 bridgehead atoms. The van der Waals surface area contributed by atoms with Gasteiger partial charge in [0.25, 0.3) is 0 Å². The third kappa shape index (κ3) is 4.47. The molecule has 1 amide bonds. The fourth-order valence-corrected chi connectivity index (χ4v) is 3.22. The number of benzene rings is 1. The number of rotatable bonds is 5. The van der Waals surface area contributed by atoms with Gasteiger partial charge in [-0.05, 0) is 42.0 Å². The van der Waals surface area contributed by atoms with E-state index in [4.69, 9.17) is 27.6 Å². The molecule has 3 aromatic rings. The van der Waals surface area contributed by atoms with Gasteiger partial charge in [-0.3, -0.25) is 10.1 Å². The molecule has 0 unspecified atom stereocenters. The van der Waals surface area contributed by atoms with Crippen LogP contribution >= 0.6 is 34.5 Å². The van der Waals surface area contributed by atoms with Crippen molar-refractivity contribution in [3.8, 4) is 0 Å². The van der Waals surface area contributed by atoms with Crippen LogP contribution in [0.3, 0.4) is 0 Å². The lowest BCUT2D eigenvalue weighted by Crippen LogP contribution is -2.06. The minimum absolute atomic E-state index is 0.270. The number of furan rings is 1. The molecule has 0 saturated carbocycles. The van der Waals surface area contributed by atoms with Crippen LogP contribution in [0.25, 0.3) is 6.08 Å². The van der Waals surface area contributed by atoms with Crippen LogP contribution in [0.2, 0.25) is 10.0 Å². The number of aromatic nitrogens is 1. The van der Waals surface area contributed by atoms with E-state index in [1.165, 1.54) is 17.4 Å². The number of hydrogen-bond donors (Lipinski definition) is 1. The fraction of sp³-hybridized carbons (Fsp3) is 0.0588. The zero-order valence-corrected chi connectivity index (χ0v) is 14.7. The molecule has 0 spiro atoms. The van der Waals surface area contributed by atoms with Gasteiger partial charge in [-0.2, -0.15) is 0 Å². The molecule has 1 aromatic carbocycles. The number of thiazole rings is 1. The summed E-state index contributed by atoms with van der Waals surface area (Å²) < 4.78 is 5.12. The lowest BCUT2D eigenvalue weighted by molar-refractivity contribution is -0.111. The van der Waals surface area contributed by atoms with Crippen molar-refractivity contribution in [3.63, 3.8) is 0 Å². The van der Waals surface area contributed by atoms with E-state index in [1.807, 2.05) is 6.07 Å². The average molecular weight is 379 g/mol. The Labute approximate surface area is 152 Å². The van der Waals surface area contributed by atoms with Gasteiger partial charge in [0.05, 0.1) is 6.26 Å². The van der Waals surface area contributed by atoms with Crippen LogP contribution in [0, 0.1) is 0 Å². The van der Waals surface area contributed by atoms with E-state index in [9.17, 15) is 4.79 Å². The monoisotopic (exact) mass is 378 g/mol. The summed E-state index contributed by atoms with van der Waals surface area (Å²) in [5.41, 5.74) is 0.920. The molecular weight excluding hydrogens is 367 g/mol. The number of amides is 1. The Bertz CT molecular complexity index is 873. The summed E-state index contributed by atoms with van der Waals surface area (Å²) in [6.07, 6.45) is 6.86. The average Bonchev–Trinajstić information content (AvgIpc) is 3.21. The largest absolute Gasteiger partial charge is 0.465 e. The predicted octanol–water partition coefficient (Wildman–Crippen LogP) is 5.29. The minimum atomic E-state index is -0.270. The summed E-state index contributed by atoms with van der Waals surface area (Å²) in [6, 6.07) is 8.86. The second kappa shape index (κ2) is 7.66.